The number of halogens is 1. The van der Waals surface area contributed by atoms with Crippen LogP contribution in [0.25, 0.3) is 0 Å². The van der Waals surface area contributed by atoms with Crippen molar-refractivity contribution in [2.75, 3.05) is 33.3 Å². The van der Waals surface area contributed by atoms with E-state index in [1.165, 1.54) is 12.8 Å². The van der Waals surface area contributed by atoms with Crippen molar-refractivity contribution in [1.29, 1.82) is 0 Å². The number of likely N-dealkylation sites (N-methyl/N-ethyl adjacent to an activating group) is 1. The number of hydrogen-bond acceptors (Lipinski definition) is 3. The van der Waals surface area contributed by atoms with Crippen molar-refractivity contribution in [3.8, 4) is 5.75 Å². The topological polar surface area (TPSA) is 41.6 Å². The summed E-state index contributed by atoms with van der Waals surface area (Å²) in [6.45, 7) is 5.41. The predicted molar refractivity (Wildman–Crippen MR) is 94.0 cm³/mol. The van der Waals surface area contributed by atoms with Crippen LogP contribution in [0.15, 0.2) is 24.3 Å². The highest BCUT2D eigenvalue weighted by Crippen LogP contribution is 2.24. The molecule has 1 aromatic rings. The Morgan fingerprint density at radius 3 is 2.87 bits per heavy atom. The van der Waals surface area contributed by atoms with E-state index >= 15 is 0 Å². The van der Waals surface area contributed by atoms with Crippen molar-refractivity contribution < 1.29 is 9.53 Å². The van der Waals surface area contributed by atoms with Gasteiger partial charge in [0.2, 0.25) is 5.91 Å². The van der Waals surface area contributed by atoms with Gasteiger partial charge in [0, 0.05) is 18.5 Å². The number of carbonyl (C=O) groups excluding carboxylic acids is 1. The molecule has 2 rings (SSSR count). The molecule has 0 spiro atoms. The van der Waals surface area contributed by atoms with Crippen molar-refractivity contribution in [3.05, 3.63) is 29.3 Å². The van der Waals surface area contributed by atoms with Gasteiger partial charge in [-0.1, -0.05) is 24.6 Å². The molecule has 0 radical (unpaired) electrons. The second kappa shape index (κ2) is 9.14. The van der Waals surface area contributed by atoms with Crippen molar-refractivity contribution in [2.24, 2.45) is 11.8 Å². The summed E-state index contributed by atoms with van der Waals surface area (Å²) in [7, 11) is 1.85. The Morgan fingerprint density at radius 2 is 2.17 bits per heavy atom. The van der Waals surface area contributed by atoms with Crippen LogP contribution in [-0.4, -0.2) is 44.1 Å². The van der Waals surface area contributed by atoms with Gasteiger partial charge >= 0.3 is 0 Å². The molecule has 1 N–H and O–H groups in total. The summed E-state index contributed by atoms with van der Waals surface area (Å²) in [5.74, 6) is 2.05. The molecule has 128 valence electrons. The maximum atomic E-state index is 12.3. The molecule has 1 unspecified atom stereocenters. The number of benzene rings is 1. The van der Waals surface area contributed by atoms with E-state index in [1.54, 1.807) is 11.0 Å². The Bertz CT molecular complexity index is 504. The minimum atomic E-state index is 0.200. The molecule has 0 aromatic heterocycles. The summed E-state index contributed by atoms with van der Waals surface area (Å²) >= 11 is 5.92. The molecule has 1 amide bonds. The molecule has 5 heteroatoms. The highest BCUT2D eigenvalue weighted by Gasteiger charge is 2.23. The average molecular weight is 339 g/mol. The van der Waals surface area contributed by atoms with Crippen molar-refractivity contribution in [3.63, 3.8) is 0 Å². The van der Waals surface area contributed by atoms with Crippen LogP contribution in [0.5, 0.6) is 5.75 Å². The van der Waals surface area contributed by atoms with Crippen LogP contribution < -0.4 is 10.1 Å². The molecule has 0 saturated carbocycles. The molecule has 1 saturated heterocycles. The first kappa shape index (κ1) is 18.1. The number of nitrogens with one attached hydrogen (secondary N) is 1. The summed E-state index contributed by atoms with van der Waals surface area (Å²) in [4.78, 5) is 14.1. The molecule has 23 heavy (non-hydrogen) atoms. The number of ether oxygens (including phenoxy) is 1. The Balaban J connectivity index is 1.69. The van der Waals surface area contributed by atoms with Gasteiger partial charge in [0.05, 0.1) is 6.54 Å². The molecule has 1 atom stereocenters. The van der Waals surface area contributed by atoms with Crippen molar-refractivity contribution >= 4 is 17.5 Å². The second-order valence-electron chi connectivity index (χ2n) is 6.39. The number of piperidine rings is 1. The number of hydrogen-bond donors (Lipinski definition) is 1. The molecule has 1 fully saturated rings. The van der Waals surface area contributed by atoms with E-state index < -0.39 is 0 Å². The molecule has 1 heterocycles. The van der Waals surface area contributed by atoms with E-state index in [4.69, 9.17) is 16.3 Å². The van der Waals surface area contributed by atoms with Gasteiger partial charge in [0.1, 0.15) is 12.4 Å². The standard InChI is InChI=1S/C18H27ClN2O2/c1-14(15-6-8-20-9-7-15)12-18(22)21(2)10-11-23-17-5-3-4-16(19)13-17/h3-5,13-15,20H,6-12H2,1-2H3. The molecule has 0 bridgehead atoms. The average Bonchev–Trinajstić information content (AvgIpc) is 2.55. The van der Waals surface area contributed by atoms with Gasteiger partial charge in [0.15, 0.2) is 0 Å². The van der Waals surface area contributed by atoms with Crippen LogP contribution in [0, 0.1) is 11.8 Å². The van der Waals surface area contributed by atoms with E-state index in [-0.39, 0.29) is 5.91 Å². The monoisotopic (exact) mass is 338 g/mol. The zero-order chi connectivity index (χ0) is 16.7. The quantitative estimate of drug-likeness (QED) is 0.830. The lowest BCUT2D eigenvalue weighted by Gasteiger charge is -2.29. The Morgan fingerprint density at radius 1 is 1.43 bits per heavy atom. The van der Waals surface area contributed by atoms with Crippen LogP contribution in [0.2, 0.25) is 5.02 Å². The van der Waals surface area contributed by atoms with Gasteiger partial charge < -0.3 is 15.0 Å². The first-order valence-corrected chi connectivity index (χ1v) is 8.77. The third-order valence-electron chi connectivity index (χ3n) is 4.60. The molecule has 0 aliphatic carbocycles. The van der Waals surface area contributed by atoms with Gasteiger partial charge in [-0.2, -0.15) is 0 Å². The maximum Gasteiger partial charge on any atom is 0.222 e. The van der Waals surface area contributed by atoms with Crippen molar-refractivity contribution in [2.45, 2.75) is 26.2 Å². The van der Waals surface area contributed by atoms with Crippen molar-refractivity contribution in [1.82, 2.24) is 10.2 Å². The highest BCUT2D eigenvalue weighted by molar-refractivity contribution is 6.30. The zero-order valence-electron chi connectivity index (χ0n) is 14.1. The second-order valence-corrected chi connectivity index (χ2v) is 6.83. The first-order valence-electron chi connectivity index (χ1n) is 8.39. The highest BCUT2D eigenvalue weighted by atomic mass is 35.5. The molecule has 1 aromatic carbocycles. The number of amides is 1. The zero-order valence-corrected chi connectivity index (χ0v) is 14.8. The largest absolute Gasteiger partial charge is 0.492 e. The van der Waals surface area contributed by atoms with Crippen LogP contribution >= 0.6 is 11.6 Å². The lowest BCUT2D eigenvalue weighted by molar-refractivity contribution is -0.131. The molecular formula is C18H27ClN2O2. The van der Waals surface area contributed by atoms with Gasteiger partial charge in [-0.3, -0.25) is 4.79 Å². The van der Waals surface area contributed by atoms with E-state index in [0.717, 1.165) is 18.8 Å². The van der Waals surface area contributed by atoms with Crippen LogP contribution in [0.4, 0.5) is 0 Å². The van der Waals surface area contributed by atoms with Gasteiger partial charge in [-0.25, -0.2) is 0 Å². The summed E-state index contributed by atoms with van der Waals surface area (Å²) < 4.78 is 5.64. The van der Waals surface area contributed by atoms with E-state index in [9.17, 15) is 4.79 Å². The van der Waals surface area contributed by atoms with Crippen LogP contribution in [0.1, 0.15) is 26.2 Å². The summed E-state index contributed by atoms with van der Waals surface area (Å²) in [6.07, 6.45) is 2.98. The Kier molecular flexibility index (Phi) is 7.18. The first-order chi connectivity index (χ1) is 11.1. The third kappa shape index (κ3) is 6.04. The van der Waals surface area contributed by atoms with Crippen LogP contribution in [0.3, 0.4) is 0 Å². The van der Waals surface area contributed by atoms with E-state index in [2.05, 4.69) is 12.2 Å². The maximum absolute atomic E-state index is 12.3. The normalized spacial score (nSPS) is 16.8. The van der Waals surface area contributed by atoms with E-state index in [1.807, 2.05) is 25.2 Å². The minimum Gasteiger partial charge on any atom is -0.492 e. The molecule has 1 aliphatic heterocycles. The van der Waals surface area contributed by atoms with Gasteiger partial charge in [-0.05, 0) is 56.0 Å². The minimum absolute atomic E-state index is 0.200. The van der Waals surface area contributed by atoms with E-state index in [0.29, 0.717) is 36.4 Å². The third-order valence-corrected chi connectivity index (χ3v) is 4.84. The summed E-state index contributed by atoms with van der Waals surface area (Å²) in [5, 5.41) is 4.03. The molecule has 1 aliphatic rings. The number of carbonyl (C=O) groups is 1. The smallest absolute Gasteiger partial charge is 0.222 e. The number of rotatable bonds is 7. The lowest BCUT2D eigenvalue weighted by atomic mass is 9.84. The Labute approximate surface area is 144 Å². The Hall–Kier alpha value is -1.26. The molecular weight excluding hydrogens is 312 g/mol. The molecule has 4 nitrogen and oxygen atoms in total. The summed E-state index contributed by atoms with van der Waals surface area (Å²) in [5.41, 5.74) is 0. The summed E-state index contributed by atoms with van der Waals surface area (Å²) in [6, 6.07) is 7.31. The SMILES string of the molecule is CC(CC(=O)N(C)CCOc1cccc(Cl)c1)C1CCNCC1. The lowest BCUT2D eigenvalue weighted by Crippen LogP contribution is -2.35. The van der Waals surface area contributed by atoms with Gasteiger partial charge in [-0.15, -0.1) is 0 Å². The van der Waals surface area contributed by atoms with Crippen LogP contribution in [-0.2, 0) is 4.79 Å². The van der Waals surface area contributed by atoms with Gasteiger partial charge in [0.25, 0.3) is 0 Å². The fourth-order valence-corrected chi connectivity index (χ4v) is 3.17. The fraction of sp³-hybridized carbons (Fsp3) is 0.611. The fourth-order valence-electron chi connectivity index (χ4n) is 2.99. The predicted octanol–water partition coefficient (Wildman–Crippen LogP) is 3.20. The number of nitrogens with zero attached hydrogens (tertiary/aromatic N) is 1.